The Morgan fingerprint density at radius 3 is 2.46 bits per heavy atom. The number of amides is 1. The SMILES string of the molecule is CCN(c1ccccc1)S(=O)(=O)c1cc(NC(=O)C2CCC2)ccc1Cl. The van der Waals surface area contributed by atoms with Gasteiger partial charge in [-0.25, -0.2) is 8.42 Å². The largest absolute Gasteiger partial charge is 0.326 e. The molecule has 3 rings (SSSR count). The second kappa shape index (κ2) is 7.68. The number of hydrogen-bond acceptors (Lipinski definition) is 3. The molecule has 0 radical (unpaired) electrons. The fraction of sp³-hybridized carbons (Fsp3) is 0.316. The minimum absolute atomic E-state index is 0.0159. The van der Waals surface area contributed by atoms with E-state index in [0.29, 0.717) is 11.4 Å². The Morgan fingerprint density at radius 1 is 1.19 bits per heavy atom. The third-order valence-corrected chi connectivity index (χ3v) is 6.96. The van der Waals surface area contributed by atoms with Crippen molar-refractivity contribution in [1.82, 2.24) is 0 Å². The van der Waals surface area contributed by atoms with Crippen LogP contribution in [0.25, 0.3) is 0 Å². The van der Waals surface area contributed by atoms with E-state index in [1.54, 1.807) is 37.3 Å². The zero-order chi connectivity index (χ0) is 18.7. The summed E-state index contributed by atoms with van der Waals surface area (Å²) in [4.78, 5) is 12.1. The van der Waals surface area contributed by atoms with Crippen molar-refractivity contribution in [3.8, 4) is 0 Å². The predicted octanol–water partition coefficient (Wildman–Crippen LogP) is 4.29. The molecule has 2 aromatic rings. The van der Waals surface area contributed by atoms with Crippen LogP contribution >= 0.6 is 11.6 Å². The van der Waals surface area contributed by atoms with Crippen LogP contribution in [0.3, 0.4) is 0 Å². The molecule has 1 aliphatic carbocycles. The first-order valence-electron chi connectivity index (χ1n) is 8.61. The second-order valence-corrected chi connectivity index (χ2v) is 8.51. The van der Waals surface area contributed by atoms with Gasteiger partial charge in [-0.1, -0.05) is 36.2 Å². The first kappa shape index (κ1) is 18.7. The third kappa shape index (κ3) is 3.71. The third-order valence-electron chi connectivity index (χ3n) is 4.57. The van der Waals surface area contributed by atoms with Gasteiger partial charge in [0.25, 0.3) is 10.0 Å². The van der Waals surface area contributed by atoms with Crippen LogP contribution in [0.1, 0.15) is 26.2 Å². The lowest BCUT2D eigenvalue weighted by Crippen LogP contribution is -2.31. The molecule has 2 aromatic carbocycles. The molecule has 0 atom stereocenters. The average Bonchev–Trinajstić information content (AvgIpc) is 2.56. The highest BCUT2D eigenvalue weighted by Gasteiger charge is 2.28. The van der Waals surface area contributed by atoms with Crippen molar-refractivity contribution in [1.29, 1.82) is 0 Å². The Morgan fingerprint density at radius 2 is 1.88 bits per heavy atom. The molecule has 0 unspecified atom stereocenters. The molecule has 1 fully saturated rings. The van der Waals surface area contributed by atoms with Crippen molar-refractivity contribution in [3.63, 3.8) is 0 Å². The number of hydrogen-bond donors (Lipinski definition) is 1. The summed E-state index contributed by atoms with van der Waals surface area (Å²) in [5.41, 5.74) is 1.00. The number of anilines is 2. The van der Waals surface area contributed by atoms with Gasteiger partial charge in [-0.2, -0.15) is 0 Å². The molecule has 1 amide bonds. The smallest absolute Gasteiger partial charge is 0.265 e. The highest BCUT2D eigenvalue weighted by Crippen LogP contribution is 2.32. The minimum atomic E-state index is -3.85. The summed E-state index contributed by atoms with van der Waals surface area (Å²) >= 11 is 6.19. The van der Waals surface area contributed by atoms with Crippen molar-refractivity contribution >= 4 is 38.9 Å². The van der Waals surface area contributed by atoms with E-state index in [1.807, 2.05) is 6.07 Å². The zero-order valence-electron chi connectivity index (χ0n) is 14.5. The molecule has 138 valence electrons. The van der Waals surface area contributed by atoms with Crippen molar-refractivity contribution in [2.24, 2.45) is 5.92 Å². The number of rotatable bonds is 6. The van der Waals surface area contributed by atoms with E-state index in [1.165, 1.54) is 16.4 Å². The Bertz CT molecular complexity index is 896. The molecule has 1 saturated carbocycles. The van der Waals surface area contributed by atoms with Crippen molar-refractivity contribution < 1.29 is 13.2 Å². The Hall–Kier alpha value is -2.05. The van der Waals surface area contributed by atoms with Gasteiger partial charge < -0.3 is 5.32 Å². The number of para-hydroxylation sites is 1. The van der Waals surface area contributed by atoms with Gasteiger partial charge in [0, 0.05) is 18.2 Å². The zero-order valence-corrected chi connectivity index (χ0v) is 16.1. The summed E-state index contributed by atoms with van der Waals surface area (Å²) in [6.07, 6.45) is 2.81. The quantitative estimate of drug-likeness (QED) is 0.797. The molecule has 26 heavy (non-hydrogen) atoms. The Balaban J connectivity index is 1.93. The van der Waals surface area contributed by atoms with E-state index in [9.17, 15) is 13.2 Å². The first-order chi connectivity index (χ1) is 12.4. The molecule has 1 aliphatic rings. The highest BCUT2D eigenvalue weighted by molar-refractivity contribution is 7.93. The number of halogens is 1. The first-order valence-corrected chi connectivity index (χ1v) is 10.4. The van der Waals surface area contributed by atoms with Crippen LogP contribution in [0.5, 0.6) is 0 Å². The van der Waals surface area contributed by atoms with Crippen LogP contribution < -0.4 is 9.62 Å². The maximum Gasteiger partial charge on any atom is 0.265 e. The molecule has 5 nitrogen and oxygen atoms in total. The molecule has 0 bridgehead atoms. The van der Waals surface area contributed by atoms with Crippen LogP contribution in [0, 0.1) is 5.92 Å². The fourth-order valence-electron chi connectivity index (χ4n) is 2.90. The molecule has 1 N–H and O–H groups in total. The maximum atomic E-state index is 13.2. The molecule has 0 aromatic heterocycles. The van der Waals surface area contributed by atoms with E-state index in [4.69, 9.17) is 11.6 Å². The summed E-state index contributed by atoms with van der Waals surface area (Å²) < 4.78 is 27.6. The second-order valence-electron chi connectivity index (χ2n) is 6.27. The molecule has 0 spiro atoms. The van der Waals surface area contributed by atoms with Crippen molar-refractivity contribution in [2.75, 3.05) is 16.2 Å². The standard InChI is InChI=1S/C19H21ClN2O3S/c1-2-22(16-9-4-3-5-10-16)26(24,25)18-13-15(11-12-17(18)20)21-19(23)14-7-6-8-14/h3-5,9-14H,2,6-8H2,1H3,(H,21,23). The lowest BCUT2D eigenvalue weighted by Gasteiger charge is -2.25. The van der Waals surface area contributed by atoms with Gasteiger partial charge in [0.2, 0.25) is 5.91 Å². The van der Waals surface area contributed by atoms with E-state index in [2.05, 4.69) is 5.32 Å². The van der Waals surface area contributed by atoms with Crippen molar-refractivity contribution in [3.05, 3.63) is 53.6 Å². The summed E-state index contributed by atoms with van der Waals surface area (Å²) in [6.45, 7) is 2.03. The number of nitrogens with zero attached hydrogens (tertiary/aromatic N) is 1. The molecular weight excluding hydrogens is 372 g/mol. The van der Waals surface area contributed by atoms with Gasteiger partial charge in [-0.3, -0.25) is 9.10 Å². The molecule has 0 heterocycles. The predicted molar refractivity (Wildman–Crippen MR) is 104 cm³/mol. The van der Waals surface area contributed by atoms with Crippen LogP contribution in [0.2, 0.25) is 5.02 Å². The van der Waals surface area contributed by atoms with Crippen LogP contribution in [0.4, 0.5) is 11.4 Å². The van der Waals surface area contributed by atoms with Gasteiger partial charge >= 0.3 is 0 Å². The molecule has 7 heteroatoms. The van der Waals surface area contributed by atoms with Crippen LogP contribution in [-0.2, 0) is 14.8 Å². The Labute approximate surface area is 159 Å². The normalized spacial score (nSPS) is 14.5. The van der Waals surface area contributed by atoms with Crippen LogP contribution in [0.15, 0.2) is 53.4 Å². The van der Waals surface area contributed by atoms with Gasteiger partial charge in [0.1, 0.15) is 4.90 Å². The van der Waals surface area contributed by atoms with Crippen LogP contribution in [-0.4, -0.2) is 20.9 Å². The Kier molecular flexibility index (Phi) is 5.53. The summed E-state index contributed by atoms with van der Waals surface area (Å²) in [5, 5.41) is 2.93. The monoisotopic (exact) mass is 392 g/mol. The van der Waals surface area contributed by atoms with Gasteiger partial charge in [-0.05, 0) is 50.1 Å². The number of carbonyl (C=O) groups excluding carboxylic acids is 1. The van der Waals surface area contributed by atoms with Gasteiger partial charge in [-0.15, -0.1) is 0 Å². The fourth-order valence-corrected chi connectivity index (χ4v) is 4.87. The summed E-state index contributed by atoms with van der Waals surface area (Å²) in [7, 11) is -3.85. The summed E-state index contributed by atoms with van der Waals surface area (Å²) in [5.74, 6) is -0.0560. The van der Waals surface area contributed by atoms with E-state index in [0.717, 1.165) is 19.3 Å². The lowest BCUT2D eigenvalue weighted by molar-refractivity contribution is -0.122. The van der Waals surface area contributed by atoms with Gasteiger partial charge in [0.05, 0.1) is 10.7 Å². The molecule has 0 aliphatic heterocycles. The van der Waals surface area contributed by atoms with Gasteiger partial charge in [0.15, 0.2) is 0 Å². The highest BCUT2D eigenvalue weighted by atomic mass is 35.5. The number of carbonyl (C=O) groups is 1. The number of sulfonamides is 1. The minimum Gasteiger partial charge on any atom is -0.326 e. The molecular formula is C19H21ClN2O3S. The summed E-state index contributed by atoms with van der Waals surface area (Å²) in [6, 6.07) is 13.4. The van der Waals surface area contributed by atoms with Crippen molar-refractivity contribution in [2.45, 2.75) is 31.1 Å². The topological polar surface area (TPSA) is 66.5 Å². The maximum absolute atomic E-state index is 13.2. The van der Waals surface area contributed by atoms with E-state index in [-0.39, 0.29) is 28.3 Å². The van der Waals surface area contributed by atoms with E-state index >= 15 is 0 Å². The molecule has 0 saturated heterocycles. The van der Waals surface area contributed by atoms with E-state index < -0.39 is 10.0 Å². The number of nitrogens with one attached hydrogen (secondary N) is 1. The average molecular weight is 393 g/mol. The number of benzene rings is 2. The lowest BCUT2D eigenvalue weighted by atomic mass is 9.85.